The van der Waals surface area contributed by atoms with Gasteiger partial charge < -0.3 is 5.11 Å². The van der Waals surface area contributed by atoms with E-state index in [0.29, 0.717) is 12.0 Å². The third-order valence-electron chi connectivity index (χ3n) is 1.55. The van der Waals surface area contributed by atoms with Gasteiger partial charge in [-0.15, -0.1) is 0 Å². The third-order valence-corrected chi connectivity index (χ3v) is 1.84. The first kappa shape index (κ1) is 9.49. The average molecular weight is 189 g/mol. The van der Waals surface area contributed by atoms with E-state index in [1.54, 1.807) is 19.1 Å². The van der Waals surface area contributed by atoms with Gasteiger partial charge in [0.2, 0.25) is 0 Å². The first-order valence-corrected chi connectivity index (χ1v) is 4.10. The normalized spacial score (nSPS) is 13.0. The predicted octanol–water partition coefficient (Wildman–Crippen LogP) is 2.40. The van der Waals surface area contributed by atoms with E-state index in [1.165, 1.54) is 6.07 Å². The van der Waals surface area contributed by atoms with E-state index in [0.717, 1.165) is 0 Å². The van der Waals surface area contributed by atoms with Crippen LogP contribution in [0.5, 0.6) is 0 Å². The SMILES string of the molecule is C[C@H](O)Cc1cccc(Cl)c1F. The molecule has 0 amide bonds. The molecule has 0 bridgehead atoms. The van der Waals surface area contributed by atoms with Crippen LogP contribution in [0.25, 0.3) is 0 Å². The highest BCUT2D eigenvalue weighted by Gasteiger charge is 2.07. The summed E-state index contributed by atoms with van der Waals surface area (Å²) in [5.74, 6) is -0.430. The minimum atomic E-state index is -0.544. The molecule has 1 rings (SSSR count). The highest BCUT2D eigenvalue weighted by Crippen LogP contribution is 2.18. The van der Waals surface area contributed by atoms with Crippen molar-refractivity contribution in [3.05, 3.63) is 34.6 Å². The summed E-state index contributed by atoms with van der Waals surface area (Å²) in [6.07, 6.45) is -0.246. The molecule has 0 aliphatic rings. The zero-order valence-electron chi connectivity index (χ0n) is 6.72. The smallest absolute Gasteiger partial charge is 0.145 e. The molecule has 1 aromatic carbocycles. The number of rotatable bonds is 2. The van der Waals surface area contributed by atoms with Crippen LogP contribution in [-0.2, 0) is 6.42 Å². The van der Waals surface area contributed by atoms with Crippen molar-refractivity contribution < 1.29 is 9.50 Å². The minimum Gasteiger partial charge on any atom is -0.393 e. The molecule has 0 aromatic heterocycles. The molecule has 0 heterocycles. The topological polar surface area (TPSA) is 20.2 Å². The highest BCUT2D eigenvalue weighted by atomic mass is 35.5. The fourth-order valence-electron chi connectivity index (χ4n) is 1.02. The van der Waals surface area contributed by atoms with E-state index < -0.39 is 11.9 Å². The molecule has 0 fully saturated rings. The summed E-state index contributed by atoms with van der Waals surface area (Å²) >= 11 is 5.54. The second-order valence-corrected chi connectivity index (χ2v) is 3.17. The Bertz CT molecular complexity index is 273. The molecule has 12 heavy (non-hydrogen) atoms. The number of aliphatic hydroxyl groups excluding tert-OH is 1. The maximum Gasteiger partial charge on any atom is 0.145 e. The first-order chi connectivity index (χ1) is 5.61. The molecule has 0 aliphatic heterocycles. The maximum absolute atomic E-state index is 13.1. The molecule has 0 aliphatic carbocycles. The number of halogens is 2. The molecular weight excluding hydrogens is 179 g/mol. The van der Waals surface area contributed by atoms with Crippen molar-refractivity contribution in [2.24, 2.45) is 0 Å². The van der Waals surface area contributed by atoms with Crippen LogP contribution < -0.4 is 0 Å². The zero-order chi connectivity index (χ0) is 9.14. The Morgan fingerprint density at radius 1 is 1.58 bits per heavy atom. The van der Waals surface area contributed by atoms with Crippen molar-refractivity contribution in [2.75, 3.05) is 0 Å². The summed E-state index contributed by atoms with van der Waals surface area (Å²) in [7, 11) is 0. The van der Waals surface area contributed by atoms with Gasteiger partial charge >= 0.3 is 0 Å². The van der Waals surface area contributed by atoms with Crippen molar-refractivity contribution in [1.29, 1.82) is 0 Å². The van der Waals surface area contributed by atoms with Crippen LogP contribution in [0.3, 0.4) is 0 Å². The number of hydrogen-bond acceptors (Lipinski definition) is 1. The first-order valence-electron chi connectivity index (χ1n) is 3.72. The van der Waals surface area contributed by atoms with Crippen LogP contribution in [-0.4, -0.2) is 11.2 Å². The summed E-state index contributed by atoms with van der Waals surface area (Å²) < 4.78 is 13.1. The molecule has 0 saturated carbocycles. The minimum absolute atomic E-state index is 0.105. The Labute approximate surface area is 75.8 Å². The van der Waals surface area contributed by atoms with E-state index in [1.807, 2.05) is 0 Å². The second kappa shape index (κ2) is 3.87. The lowest BCUT2D eigenvalue weighted by Gasteiger charge is -2.05. The lowest BCUT2D eigenvalue weighted by molar-refractivity contribution is 0.194. The van der Waals surface area contributed by atoms with Crippen molar-refractivity contribution in [1.82, 2.24) is 0 Å². The van der Waals surface area contributed by atoms with Gasteiger partial charge in [0.1, 0.15) is 5.82 Å². The Morgan fingerprint density at radius 2 is 2.25 bits per heavy atom. The van der Waals surface area contributed by atoms with Crippen LogP contribution in [0.2, 0.25) is 5.02 Å². The van der Waals surface area contributed by atoms with Crippen LogP contribution in [0.1, 0.15) is 12.5 Å². The Hall–Kier alpha value is -0.600. The summed E-state index contributed by atoms with van der Waals surface area (Å²) in [4.78, 5) is 0. The zero-order valence-corrected chi connectivity index (χ0v) is 7.48. The fraction of sp³-hybridized carbons (Fsp3) is 0.333. The van der Waals surface area contributed by atoms with Gasteiger partial charge in [-0.3, -0.25) is 0 Å². The molecule has 0 saturated heterocycles. The largest absolute Gasteiger partial charge is 0.393 e. The summed E-state index contributed by atoms with van der Waals surface area (Å²) in [5.41, 5.74) is 0.456. The van der Waals surface area contributed by atoms with Crippen molar-refractivity contribution in [3.8, 4) is 0 Å². The molecule has 1 aromatic rings. The lowest BCUT2D eigenvalue weighted by atomic mass is 10.1. The van der Waals surface area contributed by atoms with Gasteiger partial charge in [-0.05, 0) is 18.6 Å². The van der Waals surface area contributed by atoms with Crippen molar-refractivity contribution in [2.45, 2.75) is 19.4 Å². The molecule has 66 valence electrons. The van der Waals surface area contributed by atoms with E-state index in [2.05, 4.69) is 0 Å². The number of hydrogen-bond donors (Lipinski definition) is 1. The van der Waals surface area contributed by atoms with Crippen molar-refractivity contribution >= 4 is 11.6 Å². The average Bonchev–Trinajstić information content (AvgIpc) is 1.98. The van der Waals surface area contributed by atoms with E-state index >= 15 is 0 Å². The van der Waals surface area contributed by atoms with E-state index in [4.69, 9.17) is 16.7 Å². The van der Waals surface area contributed by atoms with Gasteiger partial charge in [-0.1, -0.05) is 23.7 Å². The molecule has 0 radical (unpaired) electrons. The second-order valence-electron chi connectivity index (χ2n) is 2.77. The number of benzene rings is 1. The van der Waals surface area contributed by atoms with Gasteiger partial charge in [-0.2, -0.15) is 0 Å². The highest BCUT2D eigenvalue weighted by molar-refractivity contribution is 6.30. The van der Waals surface area contributed by atoms with Gasteiger partial charge in [-0.25, -0.2) is 4.39 Å². The van der Waals surface area contributed by atoms with E-state index in [-0.39, 0.29) is 5.02 Å². The summed E-state index contributed by atoms with van der Waals surface area (Å²) in [5, 5.41) is 9.12. The molecule has 3 heteroatoms. The van der Waals surface area contributed by atoms with Crippen LogP contribution >= 0.6 is 11.6 Å². The molecule has 1 atom stereocenters. The molecule has 1 N–H and O–H groups in total. The number of aliphatic hydroxyl groups is 1. The molecule has 1 nitrogen and oxygen atoms in total. The fourth-order valence-corrected chi connectivity index (χ4v) is 1.22. The van der Waals surface area contributed by atoms with Gasteiger partial charge in [0.15, 0.2) is 0 Å². The predicted molar refractivity (Wildman–Crippen MR) is 46.8 cm³/mol. The standard InChI is InChI=1S/C9H10ClFO/c1-6(12)5-7-3-2-4-8(10)9(7)11/h2-4,6,12H,5H2,1H3/t6-/m0/s1. The van der Waals surface area contributed by atoms with Gasteiger partial charge in [0.25, 0.3) is 0 Å². The lowest BCUT2D eigenvalue weighted by Crippen LogP contribution is -2.05. The molecule has 0 spiro atoms. The summed E-state index contributed by atoms with van der Waals surface area (Å²) in [6, 6.07) is 4.78. The van der Waals surface area contributed by atoms with Crippen LogP contribution in [0.4, 0.5) is 4.39 Å². The Morgan fingerprint density at radius 3 is 2.83 bits per heavy atom. The van der Waals surface area contributed by atoms with Crippen molar-refractivity contribution in [3.63, 3.8) is 0 Å². The molecule has 0 unspecified atom stereocenters. The third kappa shape index (κ3) is 2.19. The molecular formula is C9H10ClFO. The van der Waals surface area contributed by atoms with E-state index in [9.17, 15) is 4.39 Å². The van der Waals surface area contributed by atoms with Gasteiger partial charge in [0.05, 0.1) is 11.1 Å². The van der Waals surface area contributed by atoms with Crippen LogP contribution in [0.15, 0.2) is 18.2 Å². The summed E-state index contributed by atoms with van der Waals surface area (Å²) in [6.45, 7) is 1.61. The Balaban J connectivity index is 2.92. The maximum atomic E-state index is 13.1. The Kier molecular flexibility index (Phi) is 3.06. The van der Waals surface area contributed by atoms with Crippen LogP contribution in [0, 0.1) is 5.82 Å². The van der Waals surface area contributed by atoms with Gasteiger partial charge in [0, 0.05) is 6.42 Å². The monoisotopic (exact) mass is 188 g/mol. The quantitative estimate of drug-likeness (QED) is 0.756.